The quantitative estimate of drug-likeness (QED) is 0.750. The summed E-state index contributed by atoms with van der Waals surface area (Å²) in [5.41, 5.74) is 0. The lowest BCUT2D eigenvalue weighted by atomic mass is 10.2. The molecule has 0 saturated carbocycles. The summed E-state index contributed by atoms with van der Waals surface area (Å²) in [7, 11) is -3.18. The Kier molecular flexibility index (Phi) is 6.62. The lowest BCUT2D eigenvalue weighted by molar-refractivity contribution is -0.132. The molecule has 1 heterocycles. The van der Waals surface area contributed by atoms with E-state index in [9.17, 15) is 13.2 Å². The lowest BCUT2D eigenvalue weighted by Gasteiger charge is -2.32. The highest BCUT2D eigenvalue weighted by molar-refractivity contribution is 7.90. The Hall–Kier alpha value is -1.60. The van der Waals surface area contributed by atoms with Gasteiger partial charge in [-0.3, -0.25) is 4.79 Å². The predicted molar refractivity (Wildman–Crippen MR) is 92.9 cm³/mol. The first kappa shape index (κ1) is 18.7. The zero-order valence-electron chi connectivity index (χ0n) is 14.3. The Balaban J connectivity index is 1.65. The molecule has 0 radical (unpaired) electrons. The number of hydrogen-bond donors (Lipinski definition) is 1. The number of sulfone groups is 1. The molecule has 24 heavy (non-hydrogen) atoms. The van der Waals surface area contributed by atoms with E-state index < -0.39 is 9.84 Å². The summed E-state index contributed by atoms with van der Waals surface area (Å²) in [4.78, 5) is 14.3. The third kappa shape index (κ3) is 5.79. The molecule has 1 unspecified atom stereocenters. The second-order valence-electron chi connectivity index (χ2n) is 6.24. The number of piperazine rings is 1. The van der Waals surface area contributed by atoms with Gasteiger partial charge in [-0.1, -0.05) is 0 Å². The first-order valence-electron chi connectivity index (χ1n) is 8.30. The van der Waals surface area contributed by atoms with Crippen molar-refractivity contribution in [3.63, 3.8) is 0 Å². The molecule has 134 valence electrons. The molecule has 1 N–H and O–H groups in total. The van der Waals surface area contributed by atoms with E-state index in [1.54, 1.807) is 24.3 Å². The van der Waals surface area contributed by atoms with Crippen LogP contribution in [0.25, 0.3) is 0 Å². The van der Waals surface area contributed by atoms with Crippen LogP contribution in [0.1, 0.15) is 26.2 Å². The van der Waals surface area contributed by atoms with Crippen LogP contribution in [-0.4, -0.2) is 57.8 Å². The van der Waals surface area contributed by atoms with Gasteiger partial charge in [-0.25, -0.2) is 8.42 Å². The molecular formula is C17H26N2O4S. The number of nitrogens with zero attached hydrogens (tertiary/aromatic N) is 1. The molecule has 6 nitrogen and oxygen atoms in total. The van der Waals surface area contributed by atoms with Crippen molar-refractivity contribution in [1.29, 1.82) is 0 Å². The molecule has 7 heteroatoms. The SMILES string of the molecule is CC1CN(C(=O)CCCCOc2ccc(S(C)(=O)=O)cc2)CCN1. The first-order chi connectivity index (χ1) is 11.4. The Labute approximate surface area is 144 Å². The number of carbonyl (C=O) groups is 1. The van der Waals surface area contributed by atoms with Crippen LogP contribution in [0, 0.1) is 0 Å². The fourth-order valence-corrected chi connectivity index (χ4v) is 3.30. The van der Waals surface area contributed by atoms with Crippen molar-refractivity contribution < 1.29 is 17.9 Å². The zero-order chi connectivity index (χ0) is 17.6. The van der Waals surface area contributed by atoms with Crippen LogP contribution in [0.15, 0.2) is 29.2 Å². The van der Waals surface area contributed by atoms with Crippen LogP contribution >= 0.6 is 0 Å². The summed E-state index contributed by atoms with van der Waals surface area (Å²) in [6, 6.07) is 6.76. The van der Waals surface area contributed by atoms with Crippen molar-refractivity contribution in [2.24, 2.45) is 0 Å². The largest absolute Gasteiger partial charge is 0.494 e. The fraction of sp³-hybridized carbons (Fsp3) is 0.588. The van der Waals surface area contributed by atoms with E-state index in [2.05, 4.69) is 12.2 Å². The summed E-state index contributed by atoms with van der Waals surface area (Å²) < 4.78 is 28.3. The van der Waals surface area contributed by atoms with Crippen molar-refractivity contribution >= 4 is 15.7 Å². The smallest absolute Gasteiger partial charge is 0.222 e. The molecule has 2 rings (SSSR count). The second-order valence-corrected chi connectivity index (χ2v) is 8.26. The summed E-state index contributed by atoms with van der Waals surface area (Å²) in [6.07, 6.45) is 3.31. The van der Waals surface area contributed by atoms with E-state index in [-0.39, 0.29) is 10.8 Å². The molecule has 1 saturated heterocycles. The van der Waals surface area contributed by atoms with E-state index in [4.69, 9.17) is 4.74 Å². The molecule has 1 aromatic carbocycles. The van der Waals surface area contributed by atoms with Gasteiger partial charge >= 0.3 is 0 Å². The Morgan fingerprint density at radius 2 is 2.00 bits per heavy atom. The van der Waals surface area contributed by atoms with Crippen LogP contribution in [0.2, 0.25) is 0 Å². The molecule has 0 aromatic heterocycles. The van der Waals surface area contributed by atoms with Crippen molar-refractivity contribution in [3.8, 4) is 5.75 Å². The molecule has 1 aliphatic rings. The number of carbonyl (C=O) groups excluding carboxylic acids is 1. The Morgan fingerprint density at radius 3 is 2.62 bits per heavy atom. The van der Waals surface area contributed by atoms with Crippen LogP contribution in [-0.2, 0) is 14.6 Å². The van der Waals surface area contributed by atoms with Gasteiger partial charge in [0.05, 0.1) is 11.5 Å². The van der Waals surface area contributed by atoms with Crippen molar-refractivity contribution in [2.75, 3.05) is 32.5 Å². The minimum Gasteiger partial charge on any atom is -0.494 e. The molecule has 0 spiro atoms. The average Bonchev–Trinajstić information content (AvgIpc) is 2.54. The zero-order valence-corrected chi connectivity index (χ0v) is 15.1. The number of nitrogens with one attached hydrogen (secondary N) is 1. The number of benzene rings is 1. The molecule has 1 atom stereocenters. The highest BCUT2D eigenvalue weighted by Crippen LogP contribution is 2.16. The number of amides is 1. The Bertz CT molecular complexity index is 643. The second kappa shape index (κ2) is 8.48. The van der Waals surface area contributed by atoms with Crippen molar-refractivity contribution in [2.45, 2.75) is 37.1 Å². The standard InChI is InChI=1S/C17H26N2O4S/c1-14-13-19(11-10-18-14)17(20)5-3-4-12-23-15-6-8-16(9-7-15)24(2,21)22/h6-9,14,18H,3-5,10-13H2,1-2H3. The Morgan fingerprint density at radius 1 is 1.29 bits per heavy atom. The third-order valence-electron chi connectivity index (χ3n) is 4.03. The van der Waals surface area contributed by atoms with Gasteiger partial charge in [0.2, 0.25) is 5.91 Å². The normalized spacial score (nSPS) is 18.4. The molecule has 1 fully saturated rings. The number of rotatable bonds is 7. The maximum Gasteiger partial charge on any atom is 0.222 e. The van der Waals surface area contributed by atoms with E-state index in [1.165, 1.54) is 6.26 Å². The highest BCUT2D eigenvalue weighted by atomic mass is 32.2. The summed E-state index contributed by atoms with van der Waals surface area (Å²) >= 11 is 0. The van der Waals surface area contributed by atoms with E-state index >= 15 is 0 Å². The molecule has 1 aliphatic heterocycles. The van der Waals surface area contributed by atoms with Gasteiger partial charge in [0.1, 0.15) is 5.75 Å². The van der Waals surface area contributed by atoms with Crippen LogP contribution in [0.3, 0.4) is 0 Å². The molecular weight excluding hydrogens is 328 g/mol. The number of ether oxygens (including phenoxy) is 1. The molecule has 0 bridgehead atoms. The maximum atomic E-state index is 12.1. The minimum absolute atomic E-state index is 0.209. The molecule has 0 aliphatic carbocycles. The molecule has 1 aromatic rings. The minimum atomic E-state index is -3.18. The van der Waals surface area contributed by atoms with Gasteiger partial charge in [-0.2, -0.15) is 0 Å². The van der Waals surface area contributed by atoms with Crippen molar-refractivity contribution in [1.82, 2.24) is 10.2 Å². The monoisotopic (exact) mass is 354 g/mol. The molecule has 1 amide bonds. The van der Waals surface area contributed by atoms with Crippen LogP contribution in [0.4, 0.5) is 0 Å². The summed E-state index contributed by atoms with van der Waals surface area (Å²) in [6.45, 7) is 5.03. The van der Waals surface area contributed by atoms with Gasteiger partial charge in [0, 0.05) is 38.4 Å². The number of unbranched alkanes of at least 4 members (excludes halogenated alkanes) is 1. The lowest BCUT2D eigenvalue weighted by Crippen LogP contribution is -2.51. The first-order valence-corrected chi connectivity index (χ1v) is 10.2. The van der Waals surface area contributed by atoms with Crippen LogP contribution < -0.4 is 10.1 Å². The average molecular weight is 354 g/mol. The van der Waals surface area contributed by atoms with Gasteiger partial charge in [0.15, 0.2) is 9.84 Å². The number of hydrogen-bond acceptors (Lipinski definition) is 5. The van der Waals surface area contributed by atoms with E-state index in [0.717, 1.165) is 32.5 Å². The van der Waals surface area contributed by atoms with Gasteiger partial charge in [0.25, 0.3) is 0 Å². The maximum absolute atomic E-state index is 12.1. The summed E-state index contributed by atoms with van der Waals surface area (Å²) in [5, 5.41) is 3.32. The summed E-state index contributed by atoms with van der Waals surface area (Å²) in [5.74, 6) is 0.852. The van der Waals surface area contributed by atoms with Crippen LogP contribution in [0.5, 0.6) is 5.75 Å². The highest BCUT2D eigenvalue weighted by Gasteiger charge is 2.19. The van der Waals surface area contributed by atoms with Gasteiger partial charge < -0.3 is 15.0 Å². The third-order valence-corrected chi connectivity index (χ3v) is 5.16. The van der Waals surface area contributed by atoms with Crippen molar-refractivity contribution in [3.05, 3.63) is 24.3 Å². The fourth-order valence-electron chi connectivity index (χ4n) is 2.67. The van der Waals surface area contributed by atoms with E-state index in [1.807, 2.05) is 4.90 Å². The predicted octanol–water partition coefficient (Wildman–Crippen LogP) is 1.46. The topological polar surface area (TPSA) is 75.7 Å². The van der Waals surface area contributed by atoms with E-state index in [0.29, 0.717) is 24.8 Å². The van der Waals surface area contributed by atoms with Gasteiger partial charge in [-0.05, 0) is 44.0 Å². The van der Waals surface area contributed by atoms with Gasteiger partial charge in [-0.15, -0.1) is 0 Å².